The van der Waals surface area contributed by atoms with Crippen LogP contribution >= 0.6 is 0 Å². The summed E-state index contributed by atoms with van der Waals surface area (Å²) in [7, 11) is 1.40. The number of hydrogen-bond acceptors (Lipinski definition) is 5. The van der Waals surface area contributed by atoms with Crippen molar-refractivity contribution in [2.45, 2.75) is 45.3 Å². The minimum Gasteiger partial charge on any atom is -0.494 e. The summed E-state index contributed by atoms with van der Waals surface area (Å²) in [5.74, 6) is -0.155. The number of nitrogens with zero attached hydrogens (tertiary/aromatic N) is 1. The average molecular weight is 362 g/mol. The molecule has 0 aliphatic heterocycles. The van der Waals surface area contributed by atoms with Crippen LogP contribution < -0.4 is 10.1 Å². The highest BCUT2D eigenvalue weighted by Crippen LogP contribution is 2.39. The summed E-state index contributed by atoms with van der Waals surface area (Å²) in [5.41, 5.74) is 1.65. The molecule has 1 aromatic heterocycles. The van der Waals surface area contributed by atoms with Gasteiger partial charge in [-0.15, -0.1) is 0 Å². The maximum Gasteiger partial charge on any atom is 0.257 e. The Labute approximate surface area is 151 Å². The van der Waals surface area contributed by atoms with Gasteiger partial charge >= 0.3 is 0 Å². The Hall–Kier alpha value is -2.41. The number of amides is 1. The lowest BCUT2D eigenvalue weighted by Gasteiger charge is -2.38. The fourth-order valence-electron chi connectivity index (χ4n) is 3.42. The standard InChI is InChI=1S/C19H23FN2O4/c1-4-15-17(10(2)26-22-15)19(24)21-18(12-7-13(23)8-12)11-5-6-16(25-3)14(20)9-11/h5-6,9,12-13,18,23H,4,7-8H2,1-3H3,(H,21,24)/t12?,13?,18-/m0/s1. The Morgan fingerprint density at radius 3 is 2.81 bits per heavy atom. The van der Waals surface area contributed by atoms with Crippen molar-refractivity contribution in [3.05, 3.63) is 46.6 Å². The summed E-state index contributed by atoms with van der Waals surface area (Å²) in [6.07, 6.45) is 1.30. The highest BCUT2D eigenvalue weighted by molar-refractivity contribution is 5.96. The monoisotopic (exact) mass is 362 g/mol. The molecule has 0 unspecified atom stereocenters. The van der Waals surface area contributed by atoms with Gasteiger partial charge in [-0.1, -0.05) is 18.1 Å². The SMILES string of the molecule is CCc1noc(C)c1C(=O)N[C@@H](c1ccc(OC)c(F)c1)C1CC(O)C1. The fourth-order valence-corrected chi connectivity index (χ4v) is 3.42. The molecule has 0 bridgehead atoms. The highest BCUT2D eigenvalue weighted by Gasteiger charge is 2.36. The van der Waals surface area contributed by atoms with E-state index in [4.69, 9.17) is 9.26 Å². The molecule has 3 rings (SSSR count). The molecule has 1 fully saturated rings. The average Bonchev–Trinajstić information content (AvgIpc) is 2.97. The van der Waals surface area contributed by atoms with Crippen LogP contribution in [-0.4, -0.2) is 29.4 Å². The number of nitrogens with one attached hydrogen (secondary N) is 1. The third-order valence-corrected chi connectivity index (χ3v) is 4.94. The van der Waals surface area contributed by atoms with Crippen LogP contribution in [0.4, 0.5) is 4.39 Å². The van der Waals surface area contributed by atoms with Crippen molar-refractivity contribution in [3.8, 4) is 5.75 Å². The Morgan fingerprint density at radius 1 is 1.50 bits per heavy atom. The van der Waals surface area contributed by atoms with Gasteiger partial charge in [-0.25, -0.2) is 4.39 Å². The zero-order valence-corrected chi connectivity index (χ0v) is 15.1. The van der Waals surface area contributed by atoms with E-state index in [1.165, 1.54) is 13.2 Å². The molecule has 1 aliphatic carbocycles. The van der Waals surface area contributed by atoms with Gasteiger partial charge in [0.15, 0.2) is 11.6 Å². The van der Waals surface area contributed by atoms with Gasteiger partial charge in [0.05, 0.1) is 24.9 Å². The van der Waals surface area contributed by atoms with E-state index < -0.39 is 11.9 Å². The normalized spacial score (nSPS) is 20.3. The molecule has 1 heterocycles. The van der Waals surface area contributed by atoms with E-state index >= 15 is 0 Å². The summed E-state index contributed by atoms with van der Waals surface area (Å²) in [6, 6.07) is 4.24. The number of aryl methyl sites for hydroxylation is 2. The quantitative estimate of drug-likeness (QED) is 0.825. The molecule has 1 aliphatic rings. The zero-order chi connectivity index (χ0) is 18.8. The lowest BCUT2D eigenvalue weighted by atomic mass is 9.75. The van der Waals surface area contributed by atoms with Crippen molar-refractivity contribution < 1.29 is 23.6 Å². The summed E-state index contributed by atoms with van der Waals surface area (Å²) in [4.78, 5) is 12.8. The van der Waals surface area contributed by atoms with Crippen LogP contribution in [0.3, 0.4) is 0 Å². The van der Waals surface area contributed by atoms with Gasteiger partial charge in [-0.2, -0.15) is 0 Å². The Kier molecular flexibility index (Phi) is 5.27. The second-order valence-electron chi connectivity index (χ2n) is 6.64. The lowest BCUT2D eigenvalue weighted by Crippen LogP contribution is -2.41. The second kappa shape index (κ2) is 7.45. The van der Waals surface area contributed by atoms with E-state index in [1.54, 1.807) is 19.1 Å². The van der Waals surface area contributed by atoms with E-state index in [9.17, 15) is 14.3 Å². The van der Waals surface area contributed by atoms with Crippen LogP contribution in [0.25, 0.3) is 0 Å². The first kappa shape index (κ1) is 18.4. The van der Waals surface area contributed by atoms with Gasteiger partial charge in [0, 0.05) is 0 Å². The highest BCUT2D eigenvalue weighted by atomic mass is 19.1. The smallest absolute Gasteiger partial charge is 0.257 e. The van der Waals surface area contributed by atoms with E-state index in [0.717, 1.165) is 0 Å². The molecule has 1 atom stereocenters. The predicted octanol–water partition coefficient (Wildman–Crippen LogP) is 2.94. The third-order valence-electron chi connectivity index (χ3n) is 4.94. The molecule has 2 aromatic rings. The van der Waals surface area contributed by atoms with E-state index in [1.807, 2.05) is 6.92 Å². The van der Waals surface area contributed by atoms with Crippen molar-refractivity contribution >= 4 is 5.91 Å². The summed E-state index contributed by atoms with van der Waals surface area (Å²) >= 11 is 0. The topological polar surface area (TPSA) is 84.6 Å². The first-order valence-corrected chi connectivity index (χ1v) is 8.72. The number of aliphatic hydroxyl groups is 1. The molecule has 1 saturated carbocycles. The maximum absolute atomic E-state index is 14.2. The third kappa shape index (κ3) is 3.44. The second-order valence-corrected chi connectivity index (χ2v) is 6.64. The van der Waals surface area contributed by atoms with Crippen LogP contribution in [0.1, 0.15) is 53.2 Å². The maximum atomic E-state index is 14.2. The number of aromatic nitrogens is 1. The fraction of sp³-hybridized carbons (Fsp3) is 0.474. The van der Waals surface area contributed by atoms with Crippen molar-refractivity contribution in [3.63, 3.8) is 0 Å². The molecule has 2 N–H and O–H groups in total. The number of ether oxygens (including phenoxy) is 1. The van der Waals surface area contributed by atoms with Crippen LogP contribution in [0.5, 0.6) is 5.75 Å². The van der Waals surface area contributed by atoms with Crippen LogP contribution in [0.2, 0.25) is 0 Å². The van der Waals surface area contributed by atoms with Gasteiger partial charge in [0.25, 0.3) is 5.91 Å². The molecule has 1 aromatic carbocycles. The van der Waals surface area contributed by atoms with E-state index in [2.05, 4.69) is 10.5 Å². The molecule has 6 nitrogen and oxygen atoms in total. The summed E-state index contributed by atoms with van der Waals surface area (Å²) in [5, 5.41) is 16.6. The Bertz CT molecular complexity index is 799. The zero-order valence-electron chi connectivity index (χ0n) is 15.1. The Balaban J connectivity index is 1.88. The minimum absolute atomic E-state index is 0.0342. The molecule has 0 saturated heterocycles. The first-order valence-electron chi connectivity index (χ1n) is 8.72. The number of hydrogen-bond donors (Lipinski definition) is 2. The number of carbonyl (C=O) groups excluding carboxylic acids is 1. The molecular weight excluding hydrogens is 339 g/mol. The number of aliphatic hydroxyl groups excluding tert-OH is 1. The number of carbonyl (C=O) groups is 1. The molecule has 0 radical (unpaired) electrons. The number of halogens is 1. The molecule has 140 valence electrons. The van der Waals surface area contributed by atoms with Gasteiger partial charge in [-0.05, 0) is 49.8 Å². The number of rotatable bonds is 6. The number of benzene rings is 1. The van der Waals surface area contributed by atoms with Gasteiger partial charge in [-0.3, -0.25) is 4.79 Å². The van der Waals surface area contributed by atoms with E-state index in [-0.39, 0.29) is 23.7 Å². The van der Waals surface area contributed by atoms with Crippen LogP contribution in [-0.2, 0) is 6.42 Å². The lowest BCUT2D eigenvalue weighted by molar-refractivity contribution is 0.0234. The minimum atomic E-state index is -0.487. The van der Waals surface area contributed by atoms with Crippen molar-refractivity contribution in [1.29, 1.82) is 0 Å². The molecular formula is C19H23FN2O4. The summed E-state index contributed by atoms with van der Waals surface area (Å²) < 4.78 is 24.2. The number of methoxy groups -OCH3 is 1. The van der Waals surface area contributed by atoms with Gasteiger partial charge < -0.3 is 19.7 Å². The van der Waals surface area contributed by atoms with Crippen molar-refractivity contribution in [2.75, 3.05) is 7.11 Å². The molecule has 0 spiro atoms. The first-order chi connectivity index (χ1) is 12.4. The summed E-state index contributed by atoms with van der Waals surface area (Å²) in [6.45, 7) is 3.59. The van der Waals surface area contributed by atoms with Crippen LogP contribution in [0, 0.1) is 18.7 Å². The van der Waals surface area contributed by atoms with Gasteiger partial charge in [0.1, 0.15) is 11.3 Å². The van der Waals surface area contributed by atoms with Crippen molar-refractivity contribution in [1.82, 2.24) is 10.5 Å². The Morgan fingerprint density at radius 2 is 2.23 bits per heavy atom. The predicted molar refractivity (Wildman–Crippen MR) is 92.5 cm³/mol. The van der Waals surface area contributed by atoms with Crippen LogP contribution in [0.15, 0.2) is 22.7 Å². The van der Waals surface area contributed by atoms with E-state index in [0.29, 0.717) is 41.8 Å². The molecule has 1 amide bonds. The van der Waals surface area contributed by atoms with Gasteiger partial charge in [0.2, 0.25) is 0 Å². The molecule has 7 heteroatoms. The largest absolute Gasteiger partial charge is 0.494 e. The molecule has 26 heavy (non-hydrogen) atoms. The van der Waals surface area contributed by atoms with Crippen molar-refractivity contribution in [2.24, 2.45) is 5.92 Å².